The van der Waals surface area contributed by atoms with E-state index in [2.05, 4.69) is 37.9 Å². The molecule has 1 aliphatic heterocycles. The van der Waals surface area contributed by atoms with E-state index in [9.17, 15) is 4.39 Å². The zero-order chi connectivity index (χ0) is 15.5. The molecule has 1 N–H and O–H groups in total. The predicted octanol–water partition coefficient (Wildman–Crippen LogP) is 3.67. The van der Waals surface area contributed by atoms with E-state index in [4.69, 9.17) is 0 Å². The molecule has 2 atom stereocenters. The van der Waals surface area contributed by atoms with Gasteiger partial charge in [0.1, 0.15) is 5.82 Å². The Morgan fingerprint density at radius 3 is 2.48 bits per heavy atom. The Bertz CT molecular complexity index is 436. The molecular formula is C18H29FN2. The molecule has 21 heavy (non-hydrogen) atoms. The Kier molecular flexibility index (Phi) is 5.39. The highest BCUT2D eigenvalue weighted by Crippen LogP contribution is 2.20. The minimum Gasteiger partial charge on any atom is -0.312 e. The van der Waals surface area contributed by atoms with Crippen LogP contribution in [0.1, 0.15) is 39.7 Å². The molecule has 0 saturated carbocycles. The maximum Gasteiger partial charge on any atom is 0.123 e. The van der Waals surface area contributed by atoms with Crippen LogP contribution in [0.2, 0.25) is 0 Å². The van der Waals surface area contributed by atoms with Crippen LogP contribution in [0, 0.1) is 17.2 Å². The van der Waals surface area contributed by atoms with Crippen molar-refractivity contribution in [3.63, 3.8) is 0 Å². The lowest BCUT2D eigenvalue weighted by Crippen LogP contribution is -2.49. The fourth-order valence-electron chi connectivity index (χ4n) is 3.04. The van der Waals surface area contributed by atoms with Gasteiger partial charge in [0.2, 0.25) is 0 Å². The average Bonchev–Trinajstić information content (AvgIpc) is 2.38. The molecule has 1 saturated heterocycles. The Hall–Kier alpha value is -0.930. The Balaban J connectivity index is 1.89. The molecule has 1 aromatic carbocycles. The second kappa shape index (κ2) is 6.89. The molecule has 0 aliphatic carbocycles. The van der Waals surface area contributed by atoms with Crippen LogP contribution in [0.5, 0.6) is 0 Å². The molecule has 0 aromatic heterocycles. The van der Waals surface area contributed by atoms with Gasteiger partial charge in [-0.25, -0.2) is 4.39 Å². The molecule has 1 aromatic rings. The molecular weight excluding hydrogens is 263 g/mol. The van der Waals surface area contributed by atoms with Gasteiger partial charge in [0.05, 0.1) is 0 Å². The fraction of sp³-hybridized carbons (Fsp3) is 0.667. The van der Waals surface area contributed by atoms with Gasteiger partial charge in [-0.3, -0.25) is 4.90 Å². The molecule has 0 spiro atoms. The second-order valence-electron chi connectivity index (χ2n) is 7.80. The van der Waals surface area contributed by atoms with Crippen molar-refractivity contribution >= 4 is 0 Å². The number of halogens is 1. The van der Waals surface area contributed by atoms with Crippen molar-refractivity contribution in [1.29, 1.82) is 0 Å². The molecule has 0 amide bonds. The minimum atomic E-state index is -0.157. The summed E-state index contributed by atoms with van der Waals surface area (Å²) >= 11 is 0. The van der Waals surface area contributed by atoms with Crippen LogP contribution in [-0.2, 0) is 6.54 Å². The molecule has 1 heterocycles. The van der Waals surface area contributed by atoms with E-state index in [1.54, 1.807) is 12.1 Å². The van der Waals surface area contributed by atoms with Crippen LogP contribution in [0.25, 0.3) is 0 Å². The van der Waals surface area contributed by atoms with Gasteiger partial charge in [0.25, 0.3) is 0 Å². The van der Waals surface area contributed by atoms with Crippen LogP contribution in [-0.4, -0.2) is 30.6 Å². The summed E-state index contributed by atoms with van der Waals surface area (Å²) in [5.41, 5.74) is 1.52. The van der Waals surface area contributed by atoms with Gasteiger partial charge in [-0.05, 0) is 35.4 Å². The van der Waals surface area contributed by atoms with E-state index in [-0.39, 0.29) is 5.82 Å². The summed E-state index contributed by atoms with van der Waals surface area (Å²) < 4.78 is 13.0. The maximum absolute atomic E-state index is 13.0. The van der Waals surface area contributed by atoms with E-state index < -0.39 is 0 Å². The fourth-order valence-corrected chi connectivity index (χ4v) is 3.04. The van der Waals surface area contributed by atoms with Gasteiger partial charge in [-0.15, -0.1) is 0 Å². The van der Waals surface area contributed by atoms with Gasteiger partial charge < -0.3 is 5.32 Å². The molecule has 0 bridgehead atoms. The summed E-state index contributed by atoms with van der Waals surface area (Å²) in [6.07, 6.45) is 1.25. The van der Waals surface area contributed by atoms with Crippen molar-refractivity contribution in [2.24, 2.45) is 11.3 Å². The first-order valence-corrected chi connectivity index (χ1v) is 8.02. The molecule has 118 valence electrons. The molecule has 2 nitrogen and oxygen atoms in total. The summed E-state index contributed by atoms with van der Waals surface area (Å²) in [5, 5.41) is 3.72. The average molecular weight is 292 g/mol. The van der Waals surface area contributed by atoms with Crippen LogP contribution in [0.3, 0.4) is 0 Å². The first-order chi connectivity index (χ1) is 9.82. The number of rotatable bonds is 4. The van der Waals surface area contributed by atoms with E-state index in [1.165, 1.54) is 12.0 Å². The lowest BCUT2D eigenvalue weighted by Gasteiger charge is -2.38. The van der Waals surface area contributed by atoms with Crippen molar-refractivity contribution in [2.75, 3.05) is 19.6 Å². The van der Waals surface area contributed by atoms with Gasteiger partial charge in [-0.2, -0.15) is 0 Å². The van der Waals surface area contributed by atoms with Crippen LogP contribution in [0.4, 0.5) is 4.39 Å². The lowest BCUT2D eigenvalue weighted by molar-refractivity contribution is 0.136. The smallest absolute Gasteiger partial charge is 0.123 e. The molecule has 2 unspecified atom stereocenters. The van der Waals surface area contributed by atoms with Crippen molar-refractivity contribution in [1.82, 2.24) is 10.2 Å². The Labute approximate surface area is 128 Å². The Morgan fingerprint density at radius 2 is 1.86 bits per heavy atom. The van der Waals surface area contributed by atoms with Gasteiger partial charge in [0.15, 0.2) is 0 Å². The number of hydrogen-bond donors (Lipinski definition) is 1. The van der Waals surface area contributed by atoms with Crippen molar-refractivity contribution in [3.05, 3.63) is 35.6 Å². The second-order valence-corrected chi connectivity index (χ2v) is 7.80. The van der Waals surface area contributed by atoms with Crippen LogP contribution >= 0.6 is 0 Å². The normalized spacial score (nSPS) is 24.2. The maximum atomic E-state index is 13.0. The SMILES string of the molecule is CC1CC(NCC(C)(C)C)CN(Cc2ccc(F)cc2)C1. The van der Waals surface area contributed by atoms with Gasteiger partial charge in [-0.1, -0.05) is 39.8 Å². The molecule has 1 fully saturated rings. The third-order valence-corrected chi connectivity index (χ3v) is 3.98. The van der Waals surface area contributed by atoms with Gasteiger partial charge in [0, 0.05) is 32.2 Å². The first kappa shape index (κ1) is 16.4. The zero-order valence-electron chi connectivity index (χ0n) is 13.8. The molecule has 3 heteroatoms. The third-order valence-electron chi connectivity index (χ3n) is 3.98. The Morgan fingerprint density at radius 1 is 1.19 bits per heavy atom. The van der Waals surface area contributed by atoms with Crippen LogP contribution in [0.15, 0.2) is 24.3 Å². The van der Waals surface area contributed by atoms with Crippen LogP contribution < -0.4 is 5.32 Å². The topological polar surface area (TPSA) is 15.3 Å². The minimum absolute atomic E-state index is 0.157. The van der Waals surface area contributed by atoms with E-state index in [0.717, 1.165) is 26.2 Å². The highest BCUT2D eigenvalue weighted by Gasteiger charge is 2.25. The number of hydrogen-bond acceptors (Lipinski definition) is 2. The van der Waals surface area contributed by atoms with Crippen molar-refractivity contribution < 1.29 is 4.39 Å². The first-order valence-electron chi connectivity index (χ1n) is 8.02. The highest BCUT2D eigenvalue weighted by atomic mass is 19.1. The number of benzene rings is 1. The number of nitrogens with zero attached hydrogens (tertiary/aromatic N) is 1. The molecule has 2 rings (SSSR count). The van der Waals surface area contributed by atoms with Crippen molar-refractivity contribution in [2.45, 2.75) is 46.7 Å². The summed E-state index contributed by atoms with van der Waals surface area (Å²) in [5.74, 6) is 0.548. The van der Waals surface area contributed by atoms with Crippen molar-refractivity contribution in [3.8, 4) is 0 Å². The lowest BCUT2D eigenvalue weighted by atomic mass is 9.92. The predicted molar refractivity (Wildman–Crippen MR) is 86.7 cm³/mol. The number of nitrogens with one attached hydrogen (secondary N) is 1. The summed E-state index contributed by atoms with van der Waals surface area (Å²) in [4.78, 5) is 2.49. The number of piperidine rings is 1. The monoisotopic (exact) mass is 292 g/mol. The standard InChI is InChI=1S/C18H29FN2/c1-14-9-17(20-13-18(2,3)4)12-21(10-14)11-15-5-7-16(19)8-6-15/h5-8,14,17,20H,9-13H2,1-4H3. The highest BCUT2D eigenvalue weighted by molar-refractivity contribution is 5.16. The van der Waals surface area contributed by atoms with E-state index >= 15 is 0 Å². The third kappa shape index (κ3) is 5.76. The largest absolute Gasteiger partial charge is 0.312 e. The number of likely N-dealkylation sites (tertiary alicyclic amines) is 1. The van der Waals surface area contributed by atoms with E-state index in [0.29, 0.717) is 17.4 Å². The molecule has 1 aliphatic rings. The van der Waals surface area contributed by atoms with Gasteiger partial charge >= 0.3 is 0 Å². The summed E-state index contributed by atoms with van der Waals surface area (Å²) in [6.45, 7) is 13.3. The zero-order valence-corrected chi connectivity index (χ0v) is 13.8. The summed E-state index contributed by atoms with van der Waals surface area (Å²) in [7, 11) is 0. The van der Waals surface area contributed by atoms with E-state index in [1.807, 2.05) is 12.1 Å². The molecule has 0 radical (unpaired) electrons. The summed E-state index contributed by atoms with van der Waals surface area (Å²) in [6, 6.07) is 7.46. The quantitative estimate of drug-likeness (QED) is 0.911.